The van der Waals surface area contributed by atoms with Crippen molar-refractivity contribution >= 4 is 0 Å². The molecule has 0 aliphatic rings. The summed E-state index contributed by atoms with van der Waals surface area (Å²) in [7, 11) is 0. The molecule has 18 heavy (non-hydrogen) atoms. The lowest BCUT2D eigenvalue weighted by atomic mass is 10.2. The van der Waals surface area contributed by atoms with Gasteiger partial charge < -0.3 is 15.3 Å². The molecule has 1 aromatic rings. The monoisotopic (exact) mass is 253 g/mol. The Morgan fingerprint density at radius 2 is 1.78 bits per heavy atom. The molecule has 1 rings (SSSR count). The van der Waals surface area contributed by atoms with E-state index in [1.807, 2.05) is 30.3 Å². The van der Waals surface area contributed by atoms with Crippen LogP contribution in [0.5, 0.6) is 0 Å². The average molecular weight is 253 g/mol. The first-order valence-electron chi connectivity index (χ1n) is 6.42. The van der Waals surface area contributed by atoms with Crippen molar-refractivity contribution in [2.24, 2.45) is 0 Å². The van der Waals surface area contributed by atoms with E-state index in [1.165, 1.54) is 5.56 Å². The summed E-state index contributed by atoms with van der Waals surface area (Å²) in [6.45, 7) is 2.00. The Kier molecular flexibility index (Phi) is 7.60. The van der Waals surface area contributed by atoms with Crippen LogP contribution in [0.25, 0.3) is 0 Å². The molecule has 0 spiro atoms. The number of unbranched alkanes of at least 4 members (excludes halogenated alkanes) is 1. The van der Waals surface area contributed by atoms with Crippen molar-refractivity contribution in [3.05, 3.63) is 35.9 Å². The molecule has 4 nitrogen and oxygen atoms in total. The van der Waals surface area contributed by atoms with Gasteiger partial charge in [0.2, 0.25) is 0 Å². The zero-order valence-corrected chi connectivity index (χ0v) is 10.7. The summed E-state index contributed by atoms with van der Waals surface area (Å²) < 4.78 is 0. The number of rotatable bonds is 9. The van der Waals surface area contributed by atoms with Crippen molar-refractivity contribution < 1.29 is 15.3 Å². The van der Waals surface area contributed by atoms with Gasteiger partial charge in [0.05, 0.1) is 12.7 Å². The number of benzene rings is 1. The van der Waals surface area contributed by atoms with E-state index in [1.54, 1.807) is 0 Å². The summed E-state index contributed by atoms with van der Waals surface area (Å²) in [6.07, 6.45) is 0.949. The van der Waals surface area contributed by atoms with E-state index >= 15 is 0 Å². The molecular weight excluding hydrogens is 230 g/mol. The summed E-state index contributed by atoms with van der Waals surface area (Å²) in [6, 6.07) is 10.0. The second-order valence-corrected chi connectivity index (χ2v) is 4.49. The van der Waals surface area contributed by atoms with Crippen molar-refractivity contribution in [3.8, 4) is 0 Å². The third-order valence-electron chi connectivity index (χ3n) is 2.81. The second kappa shape index (κ2) is 9.05. The van der Waals surface area contributed by atoms with Gasteiger partial charge in [-0.3, -0.25) is 4.90 Å². The SMILES string of the molecule is OCCCCN(Cc1ccccc1)CC(O)CO. The quantitative estimate of drug-likeness (QED) is 0.564. The lowest BCUT2D eigenvalue weighted by molar-refractivity contribution is 0.0557. The van der Waals surface area contributed by atoms with Crippen LogP contribution in [-0.4, -0.2) is 52.6 Å². The molecule has 0 saturated carbocycles. The van der Waals surface area contributed by atoms with Crippen LogP contribution in [0.3, 0.4) is 0 Å². The van der Waals surface area contributed by atoms with Crippen LogP contribution in [0.15, 0.2) is 30.3 Å². The molecule has 1 atom stereocenters. The number of aliphatic hydroxyl groups excluding tert-OH is 3. The number of nitrogens with zero attached hydrogens (tertiary/aromatic N) is 1. The van der Waals surface area contributed by atoms with Crippen LogP contribution in [0, 0.1) is 0 Å². The molecule has 0 bridgehead atoms. The maximum atomic E-state index is 9.52. The van der Waals surface area contributed by atoms with E-state index in [0.717, 1.165) is 25.9 Å². The van der Waals surface area contributed by atoms with Gasteiger partial charge in [-0.1, -0.05) is 30.3 Å². The highest BCUT2D eigenvalue weighted by Gasteiger charge is 2.11. The Hall–Kier alpha value is -0.940. The van der Waals surface area contributed by atoms with E-state index in [-0.39, 0.29) is 13.2 Å². The maximum absolute atomic E-state index is 9.52. The Bertz CT molecular complexity index is 305. The van der Waals surface area contributed by atoms with Crippen LogP contribution in [-0.2, 0) is 6.54 Å². The van der Waals surface area contributed by atoms with Gasteiger partial charge in [0.25, 0.3) is 0 Å². The highest BCUT2D eigenvalue weighted by Crippen LogP contribution is 2.06. The number of hydrogen-bond donors (Lipinski definition) is 3. The summed E-state index contributed by atoms with van der Waals surface area (Å²) in [5.74, 6) is 0. The third kappa shape index (κ3) is 6.12. The van der Waals surface area contributed by atoms with Crippen molar-refractivity contribution in [2.75, 3.05) is 26.3 Å². The van der Waals surface area contributed by atoms with Gasteiger partial charge in [0.15, 0.2) is 0 Å². The molecular formula is C14H23NO3. The highest BCUT2D eigenvalue weighted by molar-refractivity contribution is 5.14. The molecule has 1 aromatic carbocycles. The third-order valence-corrected chi connectivity index (χ3v) is 2.81. The molecule has 102 valence electrons. The fraction of sp³-hybridized carbons (Fsp3) is 0.571. The van der Waals surface area contributed by atoms with E-state index in [0.29, 0.717) is 6.54 Å². The van der Waals surface area contributed by atoms with Gasteiger partial charge in [-0.2, -0.15) is 0 Å². The molecule has 1 unspecified atom stereocenters. The van der Waals surface area contributed by atoms with E-state index in [9.17, 15) is 5.11 Å². The summed E-state index contributed by atoms with van der Waals surface area (Å²) >= 11 is 0. The maximum Gasteiger partial charge on any atom is 0.0897 e. The van der Waals surface area contributed by atoms with Crippen molar-refractivity contribution in [1.82, 2.24) is 4.90 Å². The molecule has 0 radical (unpaired) electrons. The summed E-state index contributed by atoms with van der Waals surface area (Å²) in [4.78, 5) is 2.10. The van der Waals surface area contributed by atoms with Gasteiger partial charge in [-0.15, -0.1) is 0 Å². The highest BCUT2D eigenvalue weighted by atomic mass is 16.3. The molecule has 0 aliphatic carbocycles. The lowest BCUT2D eigenvalue weighted by Gasteiger charge is -2.24. The first-order chi connectivity index (χ1) is 8.76. The Labute approximate surface area is 108 Å². The van der Waals surface area contributed by atoms with Crippen molar-refractivity contribution in [1.29, 1.82) is 0 Å². The molecule has 0 fully saturated rings. The van der Waals surface area contributed by atoms with E-state index in [2.05, 4.69) is 4.90 Å². The van der Waals surface area contributed by atoms with Crippen molar-refractivity contribution in [2.45, 2.75) is 25.5 Å². The minimum absolute atomic E-state index is 0.196. The van der Waals surface area contributed by atoms with Gasteiger partial charge in [0, 0.05) is 19.7 Å². The van der Waals surface area contributed by atoms with Gasteiger partial charge >= 0.3 is 0 Å². The van der Waals surface area contributed by atoms with Crippen LogP contribution in [0.1, 0.15) is 18.4 Å². The molecule has 0 heterocycles. The van der Waals surface area contributed by atoms with Crippen LogP contribution >= 0.6 is 0 Å². The molecule has 0 amide bonds. The predicted octanol–water partition coefficient (Wildman–Crippen LogP) is 0.614. The Balaban J connectivity index is 2.48. The first-order valence-corrected chi connectivity index (χ1v) is 6.42. The van der Waals surface area contributed by atoms with Gasteiger partial charge in [-0.25, -0.2) is 0 Å². The zero-order valence-electron chi connectivity index (χ0n) is 10.7. The predicted molar refractivity (Wildman–Crippen MR) is 71.1 cm³/mol. The van der Waals surface area contributed by atoms with Crippen molar-refractivity contribution in [3.63, 3.8) is 0 Å². The average Bonchev–Trinajstić information content (AvgIpc) is 2.40. The van der Waals surface area contributed by atoms with Gasteiger partial charge in [-0.05, 0) is 24.9 Å². The first kappa shape index (κ1) is 15.1. The number of aliphatic hydroxyl groups is 3. The zero-order chi connectivity index (χ0) is 13.2. The minimum atomic E-state index is -0.706. The van der Waals surface area contributed by atoms with E-state index in [4.69, 9.17) is 10.2 Å². The fourth-order valence-electron chi connectivity index (χ4n) is 1.88. The summed E-state index contributed by atoms with van der Waals surface area (Å²) in [5, 5.41) is 27.2. The molecule has 3 N–H and O–H groups in total. The number of hydrogen-bond acceptors (Lipinski definition) is 4. The summed E-state index contributed by atoms with van der Waals surface area (Å²) in [5.41, 5.74) is 1.19. The lowest BCUT2D eigenvalue weighted by Crippen LogP contribution is -2.34. The minimum Gasteiger partial charge on any atom is -0.396 e. The van der Waals surface area contributed by atoms with Gasteiger partial charge in [0.1, 0.15) is 0 Å². The largest absolute Gasteiger partial charge is 0.396 e. The Morgan fingerprint density at radius 1 is 1.06 bits per heavy atom. The standard InChI is InChI=1S/C14H23NO3/c16-9-5-4-8-15(11-14(18)12-17)10-13-6-2-1-3-7-13/h1-3,6-7,14,16-18H,4-5,8-12H2. The smallest absolute Gasteiger partial charge is 0.0897 e. The Morgan fingerprint density at radius 3 is 2.39 bits per heavy atom. The van der Waals surface area contributed by atoms with Crippen LogP contribution in [0.2, 0.25) is 0 Å². The molecule has 4 heteroatoms. The topological polar surface area (TPSA) is 63.9 Å². The molecule has 0 aliphatic heterocycles. The molecule has 0 saturated heterocycles. The fourth-order valence-corrected chi connectivity index (χ4v) is 1.88. The van der Waals surface area contributed by atoms with Crippen LogP contribution in [0.4, 0.5) is 0 Å². The normalized spacial score (nSPS) is 12.9. The van der Waals surface area contributed by atoms with Crippen LogP contribution < -0.4 is 0 Å². The second-order valence-electron chi connectivity index (χ2n) is 4.49. The molecule has 0 aromatic heterocycles. The van der Waals surface area contributed by atoms with E-state index < -0.39 is 6.10 Å².